The van der Waals surface area contributed by atoms with Crippen LogP contribution < -0.4 is 0 Å². The molecule has 49 heavy (non-hydrogen) atoms. The molecule has 0 N–H and O–H groups in total. The van der Waals surface area contributed by atoms with Crippen molar-refractivity contribution in [1.29, 1.82) is 0 Å². The van der Waals surface area contributed by atoms with Crippen molar-refractivity contribution in [2.24, 2.45) is 0 Å². The van der Waals surface area contributed by atoms with Gasteiger partial charge >= 0.3 is 0 Å². The molecular weight excluding hydrogens is 589 g/mol. The van der Waals surface area contributed by atoms with Crippen LogP contribution in [0.4, 0.5) is 0 Å². The highest BCUT2D eigenvalue weighted by Gasteiger charge is 2.15. The molecule has 7 rings (SSSR count). The molecule has 0 atom stereocenters. The SMILES string of the molecule is C=C=C(/C=C/c1ccccc1)c1ccc(-c2cc(Cc3ccccc3-c3ccccc3C)cc(-c3ccccc3)c2)c(-c2ccccc2)c1. The third-order valence-electron chi connectivity index (χ3n) is 9.11. The average molecular weight is 627 g/mol. The van der Waals surface area contributed by atoms with E-state index in [1.54, 1.807) is 0 Å². The molecule has 234 valence electrons. The first kappa shape index (κ1) is 31.4. The quantitative estimate of drug-likeness (QED) is 0.110. The van der Waals surface area contributed by atoms with Gasteiger partial charge in [-0.1, -0.05) is 176 Å². The number of aryl methyl sites for hydroxylation is 1. The Morgan fingerprint density at radius 2 is 1.12 bits per heavy atom. The van der Waals surface area contributed by atoms with E-state index >= 15 is 0 Å². The lowest BCUT2D eigenvalue weighted by Gasteiger charge is -2.17. The zero-order valence-electron chi connectivity index (χ0n) is 27.8. The summed E-state index contributed by atoms with van der Waals surface area (Å²) >= 11 is 0. The van der Waals surface area contributed by atoms with E-state index in [4.69, 9.17) is 0 Å². The number of hydrogen-bond acceptors (Lipinski definition) is 0. The molecule has 0 saturated heterocycles. The van der Waals surface area contributed by atoms with Crippen LogP contribution in [0.25, 0.3) is 56.2 Å². The van der Waals surface area contributed by atoms with E-state index in [1.807, 2.05) is 6.07 Å². The minimum absolute atomic E-state index is 0.824. The Balaban J connectivity index is 1.36. The van der Waals surface area contributed by atoms with Crippen LogP contribution in [-0.4, -0.2) is 0 Å². The van der Waals surface area contributed by atoms with E-state index in [0.717, 1.165) is 23.1 Å². The Bertz CT molecular complexity index is 2280. The zero-order chi connectivity index (χ0) is 33.4. The maximum Gasteiger partial charge on any atom is 0.0231 e. The minimum atomic E-state index is 0.824. The summed E-state index contributed by atoms with van der Waals surface area (Å²) < 4.78 is 0. The average Bonchev–Trinajstić information content (AvgIpc) is 3.16. The van der Waals surface area contributed by atoms with E-state index < -0.39 is 0 Å². The number of allylic oxidation sites excluding steroid dienone is 2. The van der Waals surface area contributed by atoms with Crippen LogP contribution in [-0.2, 0) is 6.42 Å². The Hall–Kier alpha value is -6.20. The summed E-state index contributed by atoms with van der Waals surface area (Å²) in [5, 5.41) is 0. The molecule has 0 amide bonds. The Labute approximate surface area is 290 Å². The van der Waals surface area contributed by atoms with Crippen LogP contribution in [0.3, 0.4) is 0 Å². The monoisotopic (exact) mass is 626 g/mol. The summed E-state index contributed by atoms with van der Waals surface area (Å²) in [6.07, 6.45) is 5.05. The van der Waals surface area contributed by atoms with Crippen LogP contribution in [0.5, 0.6) is 0 Å². The van der Waals surface area contributed by atoms with Crippen molar-refractivity contribution in [2.75, 3.05) is 0 Å². The fraction of sp³-hybridized carbons (Fsp3) is 0.0408. The van der Waals surface area contributed by atoms with Gasteiger partial charge in [-0.05, 0) is 104 Å². The van der Waals surface area contributed by atoms with Gasteiger partial charge in [0.1, 0.15) is 0 Å². The Kier molecular flexibility index (Phi) is 9.42. The molecule has 0 aliphatic carbocycles. The third-order valence-corrected chi connectivity index (χ3v) is 9.11. The number of hydrogen-bond donors (Lipinski definition) is 0. The molecule has 7 aromatic rings. The van der Waals surface area contributed by atoms with E-state index in [0.29, 0.717) is 0 Å². The molecule has 7 aromatic carbocycles. The largest absolute Gasteiger partial charge is 0.120 e. The molecule has 0 heteroatoms. The van der Waals surface area contributed by atoms with Crippen LogP contribution >= 0.6 is 0 Å². The van der Waals surface area contributed by atoms with Gasteiger partial charge in [0, 0.05) is 5.57 Å². The smallest absolute Gasteiger partial charge is 0.0231 e. The molecule has 0 aromatic heterocycles. The lowest BCUT2D eigenvalue weighted by molar-refractivity contribution is 1.19. The van der Waals surface area contributed by atoms with Crippen LogP contribution in [0, 0.1) is 6.92 Å². The second kappa shape index (κ2) is 14.7. The fourth-order valence-electron chi connectivity index (χ4n) is 6.60. The van der Waals surface area contributed by atoms with Gasteiger partial charge in [-0.25, -0.2) is 0 Å². The van der Waals surface area contributed by atoms with Crippen molar-refractivity contribution >= 4 is 11.6 Å². The molecule has 0 aliphatic heterocycles. The summed E-state index contributed by atoms with van der Waals surface area (Å²) in [5.41, 5.74) is 20.0. The van der Waals surface area contributed by atoms with Gasteiger partial charge in [0.05, 0.1) is 0 Å². The summed E-state index contributed by atoms with van der Waals surface area (Å²) in [6, 6.07) is 63.1. The predicted molar refractivity (Wildman–Crippen MR) is 210 cm³/mol. The Morgan fingerprint density at radius 1 is 0.510 bits per heavy atom. The van der Waals surface area contributed by atoms with Crippen LogP contribution in [0.1, 0.15) is 27.8 Å². The van der Waals surface area contributed by atoms with Gasteiger partial charge in [0.25, 0.3) is 0 Å². The van der Waals surface area contributed by atoms with Gasteiger partial charge in [0.2, 0.25) is 0 Å². The minimum Gasteiger partial charge on any atom is -0.120 e. The van der Waals surface area contributed by atoms with E-state index in [2.05, 4.69) is 201 Å². The van der Waals surface area contributed by atoms with Crippen molar-refractivity contribution in [3.05, 3.63) is 222 Å². The molecule has 0 bridgehead atoms. The molecule has 0 fully saturated rings. The second-order valence-corrected chi connectivity index (χ2v) is 12.4. The van der Waals surface area contributed by atoms with Crippen molar-refractivity contribution in [3.63, 3.8) is 0 Å². The second-order valence-electron chi connectivity index (χ2n) is 12.4. The molecule has 0 spiro atoms. The topological polar surface area (TPSA) is 0 Å². The summed E-state index contributed by atoms with van der Waals surface area (Å²) in [7, 11) is 0. The van der Waals surface area contributed by atoms with E-state index in [-0.39, 0.29) is 0 Å². The van der Waals surface area contributed by atoms with Gasteiger partial charge in [0.15, 0.2) is 0 Å². The molecule has 0 radical (unpaired) electrons. The number of rotatable bonds is 9. The van der Waals surface area contributed by atoms with E-state index in [9.17, 15) is 0 Å². The molecule has 0 unspecified atom stereocenters. The highest BCUT2D eigenvalue weighted by atomic mass is 14.2. The van der Waals surface area contributed by atoms with E-state index in [1.165, 1.54) is 61.2 Å². The third kappa shape index (κ3) is 7.21. The number of benzene rings is 7. The Morgan fingerprint density at radius 3 is 1.84 bits per heavy atom. The highest BCUT2D eigenvalue weighted by molar-refractivity contribution is 5.90. The van der Waals surface area contributed by atoms with Crippen molar-refractivity contribution < 1.29 is 0 Å². The highest BCUT2D eigenvalue weighted by Crippen LogP contribution is 2.38. The lowest BCUT2D eigenvalue weighted by Crippen LogP contribution is -1.96. The van der Waals surface area contributed by atoms with Crippen LogP contribution in [0.2, 0.25) is 0 Å². The molecule has 0 saturated carbocycles. The van der Waals surface area contributed by atoms with Crippen molar-refractivity contribution in [3.8, 4) is 44.5 Å². The first-order chi connectivity index (χ1) is 24.2. The van der Waals surface area contributed by atoms with Gasteiger partial charge in [-0.3, -0.25) is 0 Å². The van der Waals surface area contributed by atoms with Gasteiger partial charge in [-0.2, -0.15) is 0 Å². The zero-order valence-corrected chi connectivity index (χ0v) is 27.8. The lowest BCUT2D eigenvalue weighted by atomic mass is 9.87. The first-order valence-electron chi connectivity index (χ1n) is 16.8. The summed E-state index contributed by atoms with van der Waals surface area (Å²) in [6.45, 7) is 6.24. The van der Waals surface area contributed by atoms with Crippen molar-refractivity contribution in [1.82, 2.24) is 0 Å². The maximum atomic E-state index is 4.05. The standard InChI is InChI=1S/C49H38/c1-3-39(28-27-37-18-7-4-8-19-37)42-29-30-48(49(35-42)41-22-11-6-12-23-41)45-33-38(32-44(34-45)40-20-9-5-10-21-40)31-43-24-14-16-26-47(43)46-25-15-13-17-36(46)2/h4-30,32-35H,1,31H2,2H3/b28-27+. The normalized spacial score (nSPS) is 11.0. The maximum absolute atomic E-state index is 4.05. The summed E-state index contributed by atoms with van der Waals surface area (Å²) in [4.78, 5) is 0. The first-order valence-corrected chi connectivity index (χ1v) is 16.8. The summed E-state index contributed by atoms with van der Waals surface area (Å²) in [5.74, 6) is 0. The van der Waals surface area contributed by atoms with Gasteiger partial charge < -0.3 is 0 Å². The van der Waals surface area contributed by atoms with Crippen LogP contribution in [0.15, 0.2) is 194 Å². The predicted octanol–water partition coefficient (Wildman–Crippen LogP) is 13.1. The molecule has 0 aliphatic rings. The fourth-order valence-corrected chi connectivity index (χ4v) is 6.60. The molecular formula is C49H38. The van der Waals surface area contributed by atoms with Gasteiger partial charge in [-0.15, -0.1) is 5.73 Å². The molecule has 0 nitrogen and oxygen atoms in total. The molecule has 0 heterocycles. The van der Waals surface area contributed by atoms with Crippen molar-refractivity contribution in [2.45, 2.75) is 13.3 Å².